The lowest BCUT2D eigenvalue weighted by Gasteiger charge is -2.39. The molecule has 0 bridgehead atoms. The average Bonchev–Trinajstić information content (AvgIpc) is 2.34. The zero-order valence-corrected chi connectivity index (χ0v) is 11.0. The Kier molecular flexibility index (Phi) is 9.06. The zero-order chi connectivity index (χ0) is 11.7. The van der Waals surface area contributed by atoms with Gasteiger partial charge in [0.2, 0.25) is 0 Å². The van der Waals surface area contributed by atoms with Crippen LogP contribution in [0.5, 0.6) is 0 Å². The van der Waals surface area contributed by atoms with E-state index in [2.05, 4.69) is 11.9 Å². The van der Waals surface area contributed by atoms with E-state index >= 15 is 0 Å². The van der Waals surface area contributed by atoms with Crippen LogP contribution >= 0.6 is 0 Å². The quantitative estimate of drug-likeness (QED) is 0.620. The van der Waals surface area contributed by atoms with E-state index in [-0.39, 0.29) is 0 Å². The van der Waals surface area contributed by atoms with Crippen molar-refractivity contribution < 1.29 is 9.47 Å². The molecular weight excluding hydrogens is 190 g/mol. The number of piperidine rings is 1. The van der Waals surface area contributed by atoms with Crippen molar-refractivity contribution in [1.29, 1.82) is 0 Å². The van der Waals surface area contributed by atoms with Gasteiger partial charge in [0.25, 0.3) is 0 Å². The van der Waals surface area contributed by atoms with Crippen molar-refractivity contribution >= 4 is 0 Å². The van der Waals surface area contributed by atoms with Gasteiger partial charge in [-0.2, -0.15) is 0 Å². The van der Waals surface area contributed by atoms with Crippen LogP contribution in [0.15, 0.2) is 0 Å². The van der Waals surface area contributed by atoms with Crippen LogP contribution in [0.25, 0.3) is 0 Å². The average molecular weight is 217 g/mol. The Morgan fingerprint density at radius 1 is 0.933 bits per heavy atom. The summed E-state index contributed by atoms with van der Waals surface area (Å²) in [4.78, 5) is 2.30. The highest BCUT2D eigenvalue weighted by atomic mass is 16.6. The van der Waals surface area contributed by atoms with Crippen LogP contribution < -0.4 is 0 Å². The lowest BCUT2D eigenvalue weighted by Crippen LogP contribution is -2.50. The molecule has 0 radical (unpaired) electrons. The Morgan fingerprint density at radius 2 is 1.47 bits per heavy atom. The molecule has 3 heteroatoms. The van der Waals surface area contributed by atoms with Crippen molar-refractivity contribution in [3.05, 3.63) is 0 Å². The van der Waals surface area contributed by atoms with Crippen molar-refractivity contribution in [1.82, 2.24) is 4.90 Å². The Bertz CT molecular complexity index is 142. The van der Waals surface area contributed by atoms with Gasteiger partial charge in [-0.3, -0.25) is 0 Å². The maximum atomic E-state index is 5.59. The predicted octanol–water partition coefficient (Wildman–Crippen LogP) is 2.16. The van der Waals surface area contributed by atoms with E-state index in [0.717, 1.165) is 32.7 Å². The summed E-state index contributed by atoms with van der Waals surface area (Å²) in [6.07, 6.45) is 1.84. The van der Waals surface area contributed by atoms with E-state index in [9.17, 15) is 0 Å². The fraction of sp³-hybridized carbons (Fsp3) is 1.00. The van der Waals surface area contributed by atoms with Gasteiger partial charge in [-0.1, -0.05) is 27.7 Å². The molecule has 2 rings (SSSR count). The second-order valence-electron chi connectivity index (χ2n) is 3.37. The number of nitrogens with zero attached hydrogens (tertiary/aromatic N) is 1. The number of ether oxygens (including phenoxy) is 2. The second kappa shape index (κ2) is 9.13. The highest BCUT2D eigenvalue weighted by Gasteiger charge is 2.31. The first-order valence-corrected chi connectivity index (χ1v) is 6.28. The Labute approximate surface area is 94.7 Å². The van der Waals surface area contributed by atoms with E-state index in [1.807, 2.05) is 27.7 Å². The molecule has 3 nitrogen and oxygen atoms in total. The Hall–Kier alpha value is -0.120. The van der Waals surface area contributed by atoms with Crippen LogP contribution in [0.1, 0.15) is 34.1 Å². The number of likely N-dealkylation sites (N-methyl/N-ethyl adjacent to an activating group) is 1. The van der Waals surface area contributed by atoms with E-state index in [1.165, 1.54) is 0 Å². The highest BCUT2D eigenvalue weighted by molar-refractivity contribution is 4.82. The molecule has 0 aromatic rings. The smallest absolute Gasteiger partial charge is 0.0964 e. The molecule has 2 aliphatic heterocycles. The van der Waals surface area contributed by atoms with Gasteiger partial charge in [0.15, 0.2) is 0 Å². The van der Waals surface area contributed by atoms with Gasteiger partial charge in [0.05, 0.1) is 25.4 Å². The number of hydrogen-bond donors (Lipinski definition) is 0. The molecular formula is C12H27NO2. The van der Waals surface area contributed by atoms with Crippen molar-refractivity contribution in [2.75, 3.05) is 33.4 Å². The molecule has 2 saturated heterocycles. The first kappa shape index (κ1) is 14.9. The van der Waals surface area contributed by atoms with Gasteiger partial charge < -0.3 is 14.4 Å². The summed E-state index contributed by atoms with van der Waals surface area (Å²) in [6, 6.07) is 0. The first-order valence-electron chi connectivity index (χ1n) is 6.28. The van der Waals surface area contributed by atoms with Crippen molar-refractivity contribution in [3.8, 4) is 0 Å². The van der Waals surface area contributed by atoms with E-state index in [4.69, 9.17) is 9.47 Å². The predicted molar refractivity (Wildman–Crippen MR) is 64.3 cm³/mol. The van der Waals surface area contributed by atoms with E-state index in [0.29, 0.717) is 12.2 Å². The van der Waals surface area contributed by atoms with Gasteiger partial charge >= 0.3 is 0 Å². The molecule has 0 aromatic carbocycles. The standard InChI is InChI=1S/C8H15NO2.2C2H6/c1-9-3-2-7-8(6-9)11-5-4-10-7;2*1-2/h7-8H,2-6H2,1H3;2*1-2H3. The fourth-order valence-electron chi connectivity index (χ4n) is 1.80. The van der Waals surface area contributed by atoms with Crippen LogP contribution in [0.2, 0.25) is 0 Å². The molecule has 15 heavy (non-hydrogen) atoms. The summed E-state index contributed by atoms with van der Waals surface area (Å²) < 4.78 is 11.2. The molecule has 2 atom stereocenters. The highest BCUT2D eigenvalue weighted by Crippen LogP contribution is 2.18. The maximum absolute atomic E-state index is 5.59. The number of hydrogen-bond acceptors (Lipinski definition) is 3. The monoisotopic (exact) mass is 217 g/mol. The Morgan fingerprint density at radius 3 is 2.07 bits per heavy atom. The maximum Gasteiger partial charge on any atom is 0.0964 e. The molecule has 0 aliphatic carbocycles. The molecule has 0 spiro atoms. The third-order valence-electron chi connectivity index (χ3n) is 2.45. The molecule has 2 fully saturated rings. The molecule has 0 N–H and O–H groups in total. The summed E-state index contributed by atoms with van der Waals surface area (Å²) in [7, 11) is 2.13. The molecule has 0 amide bonds. The normalized spacial score (nSPS) is 30.2. The van der Waals surface area contributed by atoms with E-state index < -0.39 is 0 Å². The summed E-state index contributed by atoms with van der Waals surface area (Å²) >= 11 is 0. The van der Waals surface area contributed by atoms with Crippen LogP contribution in [0, 0.1) is 0 Å². The molecule has 92 valence electrons. The largest absolute Gasteiger partial charge is 0.373 e. The van der Waals surface area contributed by atoms with Gasteiger partial charge in [-0.05, 0) is 13.5 Å². The van der Waals surface area contributed by atoms with Gasteiger partial charge in [-0.25, -0.2) is 0 Å². The lowest BCUT2D eigenvalue weighted by molar-refractivity contribution is -0.162. The first-order chi connectivity index (χ1) is 7.36. The summed E-state index contributed by atoms with van der Waals surface area (Å²) in [5.74, 6) is 0. The minimum atomic E-state index is 0.336. The van der Waals surface area contributed by atoms with Crippen LogP contribution in [-0.2, 0) is 9.47 Å². The SMILES string of the molecule is CC.CC.CN1CCC2OCCOC2C1. The number of fused-ring (bicyclic) bond motifs is 1. The van der Waals surface area contributed by atoms with Crippen molar-refractivity contribution in [3.63, 3.8) is 0 Å². The van der Waals surface area contributed by atoms with Crippen LogP contribution in [0.3, 0.4) is 0 Å². The van der Waals surface area contributed by atoms with Crippen LogP contribution in [-0.4, -0.2) is 50.5 Å². The molecule has 2 heterocycles. The molecule has 2 unspecified atom stereocenters. The lowest BCUT2D eigenvalue weighted by atomic mass is 10.0. The minimum absolute atomic E-state index is 0.336. The summed E-state index contributed by atoms with van der Waals surface area (Å²) in [6.45, 7) is 11.7. The Balaban J connectivity index is 0.000000442. The molecule has 2 aliphatic rings. The minimum Gasteiger partial charge on any atom is -0.373 e. The van der Waals surface area contributed by atoms with Crippen molar-refractivity contribution in [2.45, 2.75) is 46.3 Å². The number of likely N-dealkylation sites (tertiary alicyclic amines) is 1. The number of rotatable bonds is 0. The molecule has 0 aromatic heterocycles. The molecule has 0 saturated carbocycles. The van der Waals surface area contributed by atoms with Gasteiger partial charge in [0.1, 0.15) is 0 Å². The third kappa shape index (κ3) is 4.96. The van der Waals surface area contributed by atoms with Crippen LogP contribution in [0.4, 0.5) is 0 Å². The topological polar surface area (TPSA) is 21.7 Å². The fourth-order valence-corrected chi connectivity index (χ4v) is 1.80. The second-order valence-corrected chi connectivity index (χ2v) is 3.37. The zero-order valence-electron chi connectivity index (χ0n) is 11.0. The van der Waals surface area contributed by atoms with Gasteiger partial charge in [-0.15, -0.1) is 0 Å². The summed E-state index contributed by atoms with van der Waals surface area (Å²) in [5, 5.41) is 0. The summed E-state index contributed by atoms with van der Waals surface area (Å²) in [5.41, 5.74) is 0. The van der Waals surface area contributed by atoms with E-state index in [1.54, 1.807) is 0 Å². The third-order valence-corrected chi connectivity index (χ3v) is 2.45. The van der Waals surface area contributed by atoms with Gasteiger partial charge in [0, 0.05) is 13.1 Å². The van der Waals surface area contributed by atoms with Crippen molar-refractivity contribution in [2.24, 2.45) is 0 Å².